The Morgan fingerprint density at radius 3 is 2.26 bits per heavy atom. The lowest BCUT2D eigenvalue weighted by molar-refractivity contribution is 1.10. The zero-order valence-electron chi connectivity index (χ0n) is 13.0. The van der Waals surface area contributed by atoms with Crippen LogP contribution in [0, 0.1) is 13.8 Å². The van der Waals surface area contributed by atoms with Gasteiger partial charge in [0.1, 0.15) is 5.82 Å². The molecule has 1 heterocycles. The van der Waals surface area contributed by atoms with Crippen molar-refractivity contribution in [3.63, 3.8) is 0 Å². The van der Waals surface area contributed by atoms with Crippen LogP contribution < -0.4 is 10.6 Å². The van der Waals surface area contributed by atoms with Crippen molar-refractivity contribution in [1.29, 1.82) is 0 Å². The molecule has 0 saturated heterocycles. The third kappa shape index (κ3) is 3.87. The van der Waals surface area contributed by atoms with Crippen LogP contribution in [0.5, 0.6) is 0 Å². The molecule has 0 fully saturated rings. The van der Waals surface area contributed by atoms with Gasteiger partial charge in [0.25, 0.3) is 0 Å². The molecule has 1 aromatic heterocycles. The van der Waals surface area contributed by atoms with Gasteiger partial charge < -0.3 is 10.6 Å². The molecule has 0 spiro atoms. The first kappa shape index (κ1) is 15.5. The first-order valence-electron chi connectivity index (χ1n) is 7.32. The average molecular weight is 369 g/mol. The fraction of sp³-hybridized carbons (Fsp3) is 0.111. The van der Waals surface area contributed by atoms with Gasteiger partial charge in [0.15, 0.2) is 0 Å². The van der Waals surface area contributed by atoms with E-state index in [0.29, 0.717) is 5.95 Å². The minimum atomic E-state index is 0.578. The van der Waals surface area contributed by atoms with E-state index in [4.69, 9.17) is 0 Å². The van der Waals surface area contributed by atoms with Gasteiger partial charge in [0.05, 0.1) is 5.69 Å². The van der Waals surface area contributed by atoms with Gasteiger partial charge in [-0.15, -0.1) is 0 Å². The van der Waals surface area contributed by atoms with Gasteiger partial charge in [-0.2, -0.15) is 4.98 Å². The molecule has 4 nitrogen and oxygen atoms in total. The number of nitrogens with zero attached hydrogens (tertiary/aromatic N) is 2. The Morgan fingerprint density at radius 1 is 0.826 bits per heavy atom. The number of rotatable bonds is 4. The minimum absolute atomic E-state index is 0.578. The molecule has 23 heavy (non-hydrogen) atoms. The maximum absolute atomic E-state index is 4.55. The Labute approximate surface area is 144 Å². The highest BCUT2D eigenvalue weighted by molar-refractivity contribution is 9.10. The molecule has 0 aliphatic rings. The molecule has 0 amide bonds. The first-order chi connectivity index (χ1) is 11.1. The number of anilines is 4. The highest BCUT2D eigenvalue weighted by atomic mass is 79.9. The van der Waals surface area contributed by atoms with Crippen molar-refractivity contribution in [2.45, 2.75) is 13.8 Å². The number of halogens is 1. The molecule has 0 unspecified atom stereocenters. The van der Waals surface area contributed by atoms with Crippen molar-refractivity contribution in [2.75, 3.05) is 10.6 Å². The van der Waals surface area contributed by atoms with Gasteiger partial charge >= 0.3 is 0 Å². The maximum atomic E-state index is 4.55. The summed E-state index contributed by atoms with van der Waals surface area (Å²) >= 11 is 3.53. The topological polar surface area (TPSA) is 49.8 Å². The highest BCUT2D eigenvalue weighted by Crippen LogP contribution is 2.26. The number of nitrogens with one attached hydrogen (secondary N) is 2. The smallest absolute Gasteiger partial charge is 0.229 e. The van der Waals surface area contributed by atoms with Crippen molar-refractivity contribution >= 4 is 39.1 Å². The quantitative estimate of drug-likeness (QED) is 0.652. The number of hydrogen-bond donors (Lipinski definition) is 2. The molecule has 0 radical (unpaired) electrons. The maximum Gasteiger partial charge on any atom is 0.229 e. The summed E-state index contributed by atoms with van der Waals surface area (Å²) < 4.78 is 0.990. The number of aromatic nitrogens is 2. The lowest BCUT2D eigenvalue weighted by Gasteiger charge is -2.12. The summed E-state index contributed by atoms with van der Waals surface area (Å²) in [6.07, 6.45) is 0. The summed E-state index contributed by atoms with van der Waals surface area (Å²) in [7, 11) is 0. The largest absolute Gasteiger partial charge is 0.339 e. The van der Waals surface area contributed by atoms with Crippen molar-refractivity contribution in [3.05, 3.63) is 70.3 Å². The van der Waals surface area contributed by atoms with E-state index < -0.39 is 0 Å². The Bertz CT molecular complexity index is 767. The second-order valence-electron chi connectivity index (χ2n) is 5.26. The van der Waals surface area contributed by atoms with E-state index in [1.807, 2.05) is 55.5 Å². The van der Waals surface area contributed by atoms with Gasteiger partial charge in [0, 0.05) is 21.9 Å². The molecule has 3 rings (SSSR count). The van der Waals surface area contributed by atoms with Gasteiger partial charge in [0.2, 0.25) is 5.95 Å². The summed E-state index contributed by atoms with van der Waals surface area (Å²) in [5, 5.41) is 6.60. The summed E-state index contributed by atoms with van der Waals surface area (Å²) in [6.45, 7) is 4.01. The SMILES string of the molecule is Cc1cc(Nc2ccccc2Br)nc(Nc2ccccc2C)n1. The molecule has 116 valence electrons. The monoisotopic (exact) mass is 368 g/mol. The third-order valence-corrected chi connectivity index (χ3v) is 4.07. The molecule has 5 heteroatoms. The zero-order chi connectivity index (χ0) is 16.2. The summed E-state index contributed by atoms with van der Waals surface area (Å²) in [4.78, 5) is 9.01. The predicted molar refractivity (Wildman–Crippen MR) is 98.7 cm³/mol. The summed E-state index contributed by atoms with van der Waals surface area (Å²) in [5.74, 6) is 1.33. The Hall–Kier alpha value is -2.40. The minimum Gasteiger partial charge on any atom is -0.339 e. The van der Waals surface area contributed by atoms with E-state index in [9.17, 15) is 0 Å². The van der Waals surface area contributed by atoms with Crippen LogP contribution in [-0.2, 0) is 0 Å². The number of hydrogen-bond acceptors (Lipinski definition) is 4. The van der Waals surface area contributed by atoms with E-state index in [2.05, 4.69) is 49.5 Å². The molecule has 0 bridgehead atoms. The predicted octanol–water partition coefficient (Wildman–Crippen LogP) is 5.34. The normalized spacial score (nSPS) is 10.4. The van der Waals surface area contributed by atoms with Crippen LogP contribution in [0.2, 0.25) is 0 Å². The molecular weight excluding hydrogens is 352 g/mol. The van der Waals surface area contributed by atoms with Crippen LogP contribution >= 0.6 is 15.9 Å². The van der Waals surface area contributed by atoms with Crippen molar-refractivity contribution in [2.24, 2.45) is 0 Å². The lowest BCUT2D eigenvalue weighted by Crippen LogP contribution is -2.03. The molecule has 2 N–H and O–H groups in total. The van der Waals surface area contributed by atoms with E-state index in [-0.39, 0.29) is 0 Å². The number of benzene rings is 2. The number of aryl methyl sites for hydroxylation is 2. The van der Waals surface area contributed by atoms with Crippen LogP contribution in [0.15, 0.2) is 59.1 Å². The van der Waals surface area contributed by atoms with Crippen LogP contribution in [-0.4, -0.2) is 9.97 Å². The molecule has 0 aliphatic heterocycles. The third-order valence-electron chi connectivity index (χ3n) is 3.38. The van der Waals surface area contributed by atoms with Gasteiger partial charge in [-0.3, -0.25) is 0 Å². The fourth-order valence-electron chi connectivity index (χ4n) is 2.22. The van der Waals surface area contributed by atoms with E-state index >= 15 is 0 Å². The van der Waals surface area contributed by atoms with Crippen LogP contribution in [0.4, 0.5) is 23.1 Å². The first-order valence-corrected chi connectivity index (χ1v) is 8.11. The van der Waals surface area contributed by atoms with E-state index in [0.717, 1.165) is 32.9 Å². The molecule has 0 aliphatic carbocycles. The van der Waals surface area contributed by atoms with Crippen LogP contribution in [0.3, 0.4) is 0 Å². The second kappa shape index (κ2) is 6.79. The van der Waals surface area contributed by atoms with Crippen LogP contribution in [0.1, 0.15) is 11.3 Å². The highest BCUT2D eigenvalue weighted by Gasteiger charge is 2.06. The number of para-hydroxylation sites is 2. The van der Waals surface area contributed by atoms with E-state index in [1.54, 1.807) is 0 Å². The van der Waals surface area contributed by atoms with Crippen molar-refractivity contribution in [1.82, 2.24) is 9.97 Å². The standard InChI is InChI=1S/C18H17BrN4/c1-12-7-3-5-9-15(12)22-18-20-13(2)11-17(23-18)21-16-10-6-4-8-14(16)19/h3-11H,1-2H3,(H2,20,21,22,23). The summed E-state index contributed by atoms with van der Waals surface area (Å²) in [5.41, 5.74) is 4.01. The van der Waals surface area contributed by atoms with Crippen LogP contribution in [0.25, 0.3) is 0 Å². The Morgan fingerprint density at radius 2 is 1.52 bits per heavy atom. The van der Waals surface area contributed by atoms with Gasteiger partial charge in [-0.05, 0) is 53.5 Å². The van der Waals surface area contributed by atoms with Crippen molar-refractivity contribution in [3.8, 4) is 0 Å². The average Bonchev–Trinajstić information content (AvgIpc) is 2.51. The van der Waals surface area contributed by atoms with Gasteiger partial charge in [-0.25, -0.2) is 4.98 Å². The lowest BCUT2D eigenvalue weighted by atomic mass is 10.2. The molecule has 0 atom stereocenters. The molecule has 0 saturated carbocycles. The second-order valence-corrected chi connectivity index (χ2v) is 6.12. The molecule has 2 aromatic carbocycles. The Balaban J connectivity index is 1.88. The fourth-order valence-corrected chi connectivity index (χ4v) is 2.61. The van der Waals surface area contributed by atoms with E-state index in [1.165, 1.54) is 0 Å². The molecular formula is C18H17BrN4. The zero-order valence-corrected chi connectivity index (χ0v) is 14.6. The van der Waals surface area contributed by atoms with Gasteiger partial charge in [-0.1, -0.05) is 30.3 Å². The summed E-state index contributed by atoms with van der Waals surface area (Å²) in [6, 6.07) is 17.9. The van der Waals surface area contributed by atoms with Crippen molar-refractivity contribution < 1.29 is 0 Å². The molecule has 3 aromatic rings. The Kier molecular flexibility index (Phi) is 4.57.